The molecule has 0 saturated heterocycles. The number of imidazole rings is 1. The number of fused-ring (bicyclic) bond motifs is 1. The second-order valence-electron chi connectivity index (χ2n) is 6.22. The van der Waals surface area contributed by atoms with E-state index in [1.54, 1.807) is 41.0 Å². The third-order valence-electron chi connectivity index (χ3n) is 4.39. The normalized spacial score (nSPS) is 12.1. The maximum Gasteiger partial charge on any atom is 0.331 e. The molecule has 4 aromatic heterocycles. The summed E-state index contributed by atoms with van der Waals surface area (Å²) in [6, 6.07) is 1.68. The SMILES string of the molecule is COCC(F)(F)c1n[nH]c(-c2c(-n3ccnc3)c3nc(OC)c(Cl)cc3n2C)n1. The molecule has 4 aromatic rings. The number of aromatic nitrogens is 7. The summed E-state index contributed by atoms with van der Waals surface area (Å²) >= 11 is 6.24. The Hall–Kier alpha value is -3.05. The highest BCUT2D eigenvalue weighted by molar-refractivity contribution is 6.32. The number of aromatic amines is 1. The summed E-state index contributed by atoms with van der Waals surface area (Å²) in [6.45, 7) is -0.831. The molecule has 1 N–H and O–H groups in total. The molecule has 0 radical (unpaired) electrons. The fraction of sp³-hybridized carbons (Fsp3) is 0.294. The molecule has 0 aliphatic heterocycles. The number of ether oxygens (including phenoxy) is 2. The van der Waals surface area contributed by atoms with Gasteiger partial charge in [-0.2, -0.15) is 13.9 Å². The minimum Gasteiger partial charge on any atom is -0.480 e. The van der Waals surface area contributed by atoms with Crippen LogP contribution in [-0.4, -0.2) is 55.1 Å². The van der Waals surface area contributed by atoms with Crippen molar-refractivity contribution in [2.75, 3.05) is 20.8 Å². The summed E-state index contributed by atoms with van der Waals surface area (Å²) in [5.74, 6) is -3.63. The minimum atomic E-state index is -3.34. The molecular formula is C17H16ClF2N7O2. The molecule has 0 atom stereocenters. The average molecular weight is 424 g/mol. The van der Waals surface area contributed by atoms with Crippen LogP contribution < -0.4 is 4.74 Å². The van der Waals surface area contributed by atoms with Crippen LogP contribution in [0.4, 0.5) is 8.78 Å². The molecule has 0 aromatic carbocycles. The van der Waals surface area contributed by atoms with Gasteiger partial charge in [-0.15, -0.1) is 0 Å². The van der Waals surface area contributed by atoms with Crippen molar-refractivity contribution >= 4 is 22.6 Å². The van der Waals surface area contributed by atoms with E-state index in [1.807, 2.05) is 0 Å². The average Bonchev–Trinajstić information content (AvgIpc) is 3.41. The van der Waals surface area contributed by atoms with Gasteiger partial charge in [0.05, 0.1) is 19.0 Å². The van der Waals surface area contributed by atoms with E-state index in [0.717, 1.165) is 0 Å². The lowest BCUT2D eigenvalue weighted by Crippen LogP contribution is -2.21. The van der Waals surface area contributed by atoms with Crippen molar-refractivity contribution in [3.05, 3.63) is 35.6 Å². The number of aryl methyl sites for hydroxylation is 1. The summed E-state index contributed by atoms with van der Waals surface area (Å²) in [5, 5.41) is 6.60. The Kier molecular flexibility index (Phi) is 4.71. The Labute approximate surface area is 168 Å². The van der Waals surface area contributed by atoms with Gasteiger partial charge in [-0.1, -0.05) is 11.6 Å². The van der Waals surface area contributed by atoms with Gasteiger partial charge in [0.1, 0.15) is 28.5 Å². The predicted octanol–water partition coefficient (Wildman–Crippen LogP) is 2.94. The van der Waals surface area contributed by atoms with Crippen LogP contribution in [0.15, 0.2) is 24.8 Å². The largest absolute Gasteiger partial charge is 0.480 e. The van der Waals surface area contributed by atoms with Crippen molar-refractivity contribution in [2.45, 2.75) is 5.92 Å². The van der Waals surface area contributed by atoms with Crippen molar-refractivity contribution in [3.8, 4) is 23.1 Å². The highest BCUT2D eigenvalue weighted by atomic mass is 35.5. The van der Waals surface area contributed by atoms with E-state index in [0.29, 0.717) is 27.4 Å². The van der Waals surface area contributed by atoms with Crippen LogP contribution >= 0.6 is 11.6 Å². The first-order valence-corrected chi connectivity index (χ1v) is 8.76. The van der Waals surface area contributed by atoms with Crippen LogP contribution in [0.5, 0.6) is 5.88 Å². The smallest absolute Gasteiger partial charge is 0.331 e. The highest BCUT2D eigenvalue weighted by Crippen LogP contribution is 2.37. The minimum absolute atomic E-state index is 0.134. The summed E-state index contributed by atoms with van der Waals surface area (Å²) < 4.78 is 41.6. The Morgan fingerprint density at radius 1 is 1.28 bits per heavy atom. The topological polar surface area (TPSA) is 95.7 Å². The molecule has 0 aliphatic carbocycles. The molecule has 0 fully saturated rings. The van der Waals surface area contributed by atoms with Gasteiger partial charge in [0.25, 0.3) is 0 Å². The molecule has 0 spiro atoms. The van der Waals surface area contributed by atoms with Crippen LogP contribution in [-0.2, 0) is 17.7 Å². The Balaban J connectivity index is 1.99. The van der Waals surface area contributed by atoms with Crippen molar-refractivity contribution in [1.29, 1.82) is 0 Å². The quantitative estimate of drug-likeness (QED) is 0.512. The molecular weight excluding hydrogens is 408 g/mol. The summed E-state index contributed by atoms with van der Waals surface area (Å²) in [6.07, 6.45) is 4.87. The monoisotopic (exact) mass is 423 g/mol. The molecule has 9 nitrogen and oxygen atoms in total. The Morgan fingerprint density at radius 3 is 2.72 bits per heavy atom. The number of hydrogen-bond donors (Lipinski definition) is 1. The summed E-state index contributed by atoms with van der Waals surface area (Å²) in [4.78, 5) is 12.6. The van der Waals surface area contributed by atoms with E-state index in [2.05, 4.69) is 29.9 Å². The second-order valence-corrected chi connectivity index (χ2v) is 6.63. The molecule has 4 rings (SSSR count). The molecule has 0 amide bonds. The first-order chi connectivity index (χ1) is 13.9. The molecule has 152 valence electrons. The number of nitrogens with zero attached hydrogens (tertiary/aromatic N) is 6. The number of nitrogens with one attached hydrogen (secondary N) is 1. The van der Waals surface area contributed by atoms with Crippen molar-refractivity contribution in [3.63, 3.8) is 0 Å². The first-order valence-electron chi connectivity index (χ1n) is 8.38. The van der Waals surface area contributed by atoms with Crippen LogP contribution in [0.3, 0.4) is 0 Å². The van der Waals surface area contributed by atoms with Crippen molar-refractivity contribution < 1.29 is 18.3 Å². The standard InChI is InChI=1S/C17H16ClF2N7O2/c1-26-10-6-9(18)15(29-3)22-11(10)12(27-5-4-21-8-27)13(26)14-23-16(25-24-14)17(19,20)7-28-2/h4-6,8H,7H2,1-3H3,(H,23,24,25). The number of H-pyrrole nitrogens is 1. The lowest BCUT2D eigenvalue weighted by Gasteiger charge is -2.10. The summed E-state index contributed by atoms with van der Waals surface area (Å²) in [7, 11) is 4.39. The molecule has 29 heavy (non-hydrogen) atoms. The van der Waals surface area contributed by atoms with Gasteiger partial charge >= 0.3 is 5.92 Å². The summed E-state index contributed by atoms with van der Waals surface area (Å²) in [5.41, 5.74) is 2.22. The van der Waals surface area contributed by atoms with E-state index in [9.17, 15) is 8.78 Å². The van der Waals surface area contributed by atoms with Gasteiger partial charge in [0.15, 0.2) is 5.82 Å². The second kappa shape index (κ2) is 7.08. The van der Waals surface area contributed by atoms with Crippen LogP contribution in [0.1, 0.15) is 5.82 Å². The molecule has 0 aliphatic rings. The molecule has 0 bridgehead atoms. The van der Waals surface area contributed by atoms with Gasteiger partial charge in [-0.05, 0) is 6.07 Å². The van der Waals surface area contributed by atoms with Crippen molar-refractivity contribution in [2.24, 2.45) is 7.05 Å². The number of rotatable bonds is 6. The lowest BCUT2D eigenvalue weighted by atomic mass is 10.3. The van der Waals surface area contributed by atoms with Gasteiger partial charge < -0.3 is 18.6 Å². The lowest BCUT2D eigenvalue weighted by molar-refractivity contribution is -0.0763. The number of alkyl halides is 2. The fourth-order valence-corrected chi connectivity index (χ4v) is 3.33. The number of hydrogen-bond acceptors (Lipinski definition) is 6. The predicted molar refractivity (Wildman–Crippen MR) is 101 cm³/mol. The van der Waals surface area contributed by atoms with Crippen LogP contribution in [0.25, 0.3) is 28.2 Å². The van der Waals surface area contributed by atoms with Gasteiger partial charge in [-0.3, -0.25) is 5.10 Å². The van der Waals surface area contributed by atoms with Gasteiger partial charge in [-0.25, -0.2) is 15.0 Å². The zero-order valence-electron chi connectivity index (χ0n) is 15.7. The third-order valence-corrected chi connectivity index (χ3v) is 4.66. The van der Waals surface area contributed by atoms with E-state index < -0.39 is 18.4 Å². The first kappa shape index (κ1) is 19.3. The maximum atomic E-state index is 14.2. The van der Waals surface area contributed by atoms with E-state index >= 15 is 0 Å². The third kappa shape index (κ3) is 3.12. The Bertz CT molecular complexity index is 1170. The number of halogens is 3. The molecule has 4 heterocycles. The Morgan fingerprint density at radius 2 is 2.07 bits per heavy atom. The molecule has 0 unspecified atom stereocenters. The van der Waals surface area contributed by atoms with Crippen LogP contribution in [0.2, 0.25) is 5.02 Å². The highest BCUT2D eigenvalue weighted by Gasteiger charge is 2.37. The van der Waals surface area contributed by atoms with Crippen molar-refractivity contribution in [1.82, 2.24) is 34.3 Å². The zero-order chi connectivity index (χ0) is 20.8. The van der Waals surface area contributed by atoms with E-state index in [4.69, 9.17) is 16.3 Å². The maximum absolute atomic E-state index is 14.2. The van der Waals surface area contributed by atoms with Crippen LogP contribution in [0, 0.1) is 0 Å². The molecule has 12 heteroatoms. The fourth-order valence-electron chi connectivity index (χ4n) is 3.11. The van der Waals surface area contributed by atoms with Gasteiger partial charge in [0.2, 0.25) is 11.7 Å². The number of methoxy groups -OCH3 is 2. The number of pyridine rings is 1. The molecule has 0 saturated carbocycles. The van der Waals surface area contributed by atoms with Gasteiger partial charge in [0, 0.05) is 26.6 Å². The van der Waals surface area contributed by atoms with E-state index in [-0.39, 0.29) is 11.7 Å². The zero-order valence-corrected chi connectivity index (χ0v) is 16.4. The van der Waals surface area contributed by atoms with E-state index in [1.165, 1.54) is 14.2 Å².